The van der Waals surface area contributed by atoms with Crippen molar-refractivity contribution in [3.05, 3.63) is 24.3 Å². The van der Waals surface area contributed by atoms with Crippen LogP contribution >= 0.6 is 11.8 Å². The highest BCUT2D eigenvalue weighted by Crippen LogP contribution is 2.42. The van der Waals surface area contributed by atoms with Gasteiger partial charge in [-0.3, -0.25) is 4.79 Å². The molecule has 0 amide bonds. The molecule has 0 spiro atoms. The van der Waals surface area contributed by atoms with Crippen LogP contribution in [-0.2, 0) is 4.79 Å². The molecule has 0 radical (unpaired) electrons. The van der Waals surface area contributed by atoms with Gasteiger partial charge in [-0.05, 0) is 50.1 Å². The van der Waals surface area contributed by atoms with Crippen LogP contribution in [0.15, 0.2) is 29.2 Å². The molecule has 0 bridgehead atoms. The first-order valence-electron chi connectivity index (χ1n) is 6.31. The Morgan fingerprint density at radius 2 is 2.11 bits per heavy atom. The Balaban J connectivity index is 2.03. The predicted molar refractivity (Wildman–Crippen MR) is 75.9 cm³/mol. The maximum Gasteiger partial charge on any atom is 0.325 e. The van der Waals surface area contributed by atoms with E-state index in [2.05, 4.69) is 5.32 Å². The van der Waals surface area contributed by atoms with Crippen LogP contribution in [0.5, 0.6) is 5.75 Å². The molecule has 0 aromatic heterocycles. The Kier molecular flexibility index (Phi) is 4.37. The molecule has 1 atom stereocenters. The van der Waals surface area contributed by atoms with Crippen molar-refractivity contribution in [1.82, 2.24) is 5.32 Å². The maximum absolute atomic E-state index is 11.6. The van der Waals surface area contributed by atoms with Gasteiger partial charge in [0.05, 0.1) is 7.11 Å². The van der Waals surface area contributed by atoms with Crippen LogP contribution in [-0.4, -0.2) is 36.5 Å². The molecule has 1 saturated carbocycles. The van der Waals surface area contributed by atoms with Crippen LogP contribution in [0, 0.1) is 5.92 Å². The van der Waals surface area contributed by atoms with Gasteiger partial charge in [0.15, 0.2) is 0 Å². The first-order chi connectivity index (χ1) is 9.12. The highest BCUT2D eigenvalue weighted by atomic mass is 32.2. The van der Waals surface area contributed by atoms with Gasteiger partial charge in [0.1, 0.15) is 11.3 Å². The lowest BCUT2D eigenvalue weighted by Gasteiger charge is -2.28. The molecule has 1 aromatic carbocycles. The molecule has 0 heterocycles. The van der Waals surface area contributed by atoms with E-state index in [9.17, 15) is 9.90 Å². The number of nitrogens with one attached hydrogen (secondary N) is 1. The van der Waals surface area contributed by atoms with E-state index >= 15 is 0 Å². The largest absolute Gasteiger partial charge is 0.497 e. The highest BCUT2D eigenvalue weighted by molar-refractivity contribution is 7.99. The molecule has 0 aliphatic heterocycles. The fraction of sp³-hybridized carbons (Fsp3) is 0.500. The lowest BCUT2D eigenvalue weighted by atomic mass is 9.96. The summed E-state index contributed by atoms with van der Waals surface area (Å²) >= 11 is 1.57. The minimum Gasteiger partial charge on any atom is -0.497 e. The van der Waals surface area contributed by atoms with Gasteiger partial charge in [-0.25, -0.2) is 0 Å². The Hall–Kier alpha value is -1.20. The van der Waals surface area contributed by atoms with Gasteiger partial charge in [-0.2, -0.15) is 0 Å². The van der Waals surface area contributed by atoms with E-state index in [0.717, 1.165) is 23.5 Å². The zero-order valence-electron chi connectivity index (χ0n) is 11.2. The fourth-order valence-electron chi connectivity index (χ4n) is 2.18. The van der Waals surface area contributed by atoms with Gasteiger partial charge < -0.3 is 15.2 Å². The molecule has 19 heavy (non-hydrogen) atoms. The molecule has 1 aliphatic carbocycles. The molecular formula is C14H19NO3S. The molecular weight excluding hydrogens is 262 g/mol. The monoisotopic (exact) mass is 281 g/mol. The van der Waals surface area contributed by atoms with Gasteiger partial charge in [-0.1, -0.05) is 0 Å². The van der Waals surface area contributed by atoms with Crippen molar-refractivity contribution in [2.75, 3.05) is 19.9 Å². The Bertz CT molecular complexity index is 445. The number of hydrogen-bond acceptors (Lipinski definition) is 4. The highest BCUT2D eigenvalue weighted by Gasteiger charge is 2.50. The summed E-state index contributed by atoms with van der Waals surface area (Å²) in [6.07, 6.45) is 1.99. The zero-order valence-corrected chi connectivity index (χ0v) is 12.0. The average Bonchev–Trinajstić information content (AvgIpc) is 3.25. The van der Waals surface area contributed by atoms with Crippen molar-refractivity contribution < 1.29 is 14.6 Å². The molecule has 1 aliphatic rings. The van der Waals surface area contributed by atoms with Crippen molar-refractivity contribution in [1.29, 1.82) is 0 Å². The summed E-state index contributed by atoms with van der Waals surface area (Å²) in [6, 6.07) is 7.69. The van der Waals surface area contributed by atoms with E-state index in [1.54, 1.807) is 25.9 Å². The fourth-order valence-corrected chi connectivity index (χ4v) is 3.41. The number of carbonyl (C=O) groups is 1. The van der Waals surface area contributed by atoms with Crippen LogP contribution in [0.2, 0.25) is 0 Å². The number of methoxy groups -OCH3 is 1. The molecule has 4 nitrogen and oxygen atoms in total. The number of benzene rings is 1. The van der Waals surface area contributed by atoms with Crippen LogP contribution in [0.4, 0.5) is 0 Å². The number of carboxylic acid groups (broad SMARTS) is 1. The van der Waals surface area contributed by atoms with Crippen molar-refractivity contribution in [3.8, 4) is 5.75 Å². The van der Waals surface area contributed by atoms with Crippen LogP contribution in [0.1, 0.15) is 12.8 Å². The smallest absolute Gasteiger partial charge is 0.325 e. The van der Waals surface area contributed by atoms with Crippen molar-refractivity contribution in [3.63, 3.8) is 0 Å². The topological polar surface area (TPSA) is 58.6 Å². The average molecular weight is 281 g/mol. The molecule has 1 aromatic rings. The van der Waals surface area contributed by atoms with E-state index in [1.807, 2.05) is 24.3 Å². The van der Waals surface area contributed by atoms with E-state index < -0.39 is 11.5 Å². The van der Waals surface area contributed by atoms with Crippen LogP contribution in [0.25, 0.3) is 0 Å². The molecule has 0 saturated heterocycles. The summed E-state index contributed by atoms with van der Waals surface area (Å²) in [4.78, 5) is 12.6. The minimum atomic E-state index is -0.801. The predicted octanol–water partition coefficient (Wildman–Crippen LogP) is 2.24. The molecule has 104 valence electrons. The third-order valence-electron chi connectivity index (χ3n) is 3.63. The summed E-state index contributed by atoms with van der Waals surface area (Å²) in [7, 11) is 3.37. The first-order valence-corrected chi connectivity index (χ1v) is 7.30. The second kappa shape index (κ2) is 5.84. The van der Waals surface area contributed by atoms with Crippen LogP contribution in [0.3, 0.4) is 0 Å². The van der Waals surface area contributed by atoms with E-state index in [4.69, 9.17) is 4.74 Å². The van der Waals surface area contributed by atoms with Crippen molar-refractivity contribution >= 4 is 17.7 Å². The van der Waals surface area contributed by atoms with Crippen molar-refractivity contribution in [2.24, 2.45) is 5.92 Å². The SMILES string of the molecule is CNC(CSc1ccc(OC)cc1)(C(=O)O)C1CC1. The Morgan fingerprint density at radius 3 is 2.53 bits per heavy atom. The van der Waals surface area contributed by atoms with Crippen LogP contribution < -0.4 is 10.1 Å². The Labute approximate surface area is 117 Å². The molecule has 2 N–H and O–H groups in total. The third kappa shape index (κ3) is 3.04. The first kappa shape index (κ1) is 14.2. The number of ether oxygens (including phenoxy) is 1. The second-order valence-corrected chi connectivity index (χ2v) is 5.81. The molecule has 1 fully saturated rings. The van der Waals surface area contributed by atoms with E-state index in [0.29, 0.717) is 5.75 Å². The number of likely N-dealkylation sites (N-methyl/N-ethyl adjacent to an activating group) is 1. The van der Waals surface area contributed by atoms with Crippen molar-refractivity contribution in [2.45, 2.75) is 23.3 Å². The molecule has 5 heteroatoms. The summed E-state index contributed by atoms with van der Waals surface area (Å²) in [5.41, 5.74) is -0.801. The number of thioether (sulfide) groups is 1. The number of hydrogen-bond donors (Lipinski definition) is 2. The van der Waals surface area contributed by atoms with E-state index in [-0.39, 0.29) is 5.92 Å². The molecule has 2 rings (SSSR count). The minimum absolute atomic E-state index is 0.251. The molecule has 1 unspecified atom stereocenters. The van der Waals surface area contributed by atoms with Gasteiger partial charge in [0.25, 0.3) is 0 Å². The Morgan fingerprint density at radius 1 is 1.47 bits per heavy atom. The van der Waals surface area contributed by atoms with Gasteiger partial charge >= 0.3 is 5.97 Å². The number of carboxylic acids is 1. The summed E-state index contributed by atoms with van der Waals surface area (Å²) in [5, 5.41) is 12.5. The summed E-state index contributed by atoms with van der Waals surface area (Å²) < 4.78 is 5.11. The summed E-state index contributed by atoms with van der Waals surface area (Å²) in [6.45, 7) is 0. The normalized spacial score (nSPS) is 17.8. The lowest BCUT2D eigenvalue weighted by Crippen LogP contribution is -2.54. The quantitative estimate of drug-likeness (QED) is 0.751. The number of rotatable bonds is 7. The van der Waals surface area contributed by atoms with E-state index in [1.165, 1.54) is 0 Å². The number of aliphatic carboxylic acids is 1. The lowest BCUT2D eigenvalue weighted by molar-refractivity contribution is -0.144. The second-order valence-electron chi connectivity index (χ2n) is 4.76. The van der Waals surface area contributed by atoms with Gasteiger partial charge in [0.2, 0.25) is 0 Å². The standard InChI is InChI=1S/C14H19NO3S/c1-15-14(13(16)17,10-3-4-10)9-19-12-7-5-11(18-2)6-8-12/h5-8,10,15H,3-4,9H2,1-2H3,(H,16,17). The van der Waals surface area contributed by atoms with Gasteiger partial charge in [-0.15, -0.1) is 11.8 Å². The zero-order chi connectivity index (χ0) is 13.9. The third-order valence-corrected chi connectivity index (χ3v) is 4.83. The van der Waals surface area contributed by atoms with Gasteiger partial charge in [0, 0.05) is 10.6 Å². The maximum atomic E-state index is 11.6. The summed E-state index contributed by atoms with van der Waals surface area (Å²) in [5.74, 6) is 0.847.